The van der Waals surface area contributed by atoms with Gasteiger partial charge >= 0.3 is 0 Å². The molecule has 0 fully saturated rings. The minimum atomic E-state index is 0.485. The van der Waals surface area contributed by atoms with Crippen molar-refractivity contribution in [1.29, 1.82) is 0 Å². The molecular weight excluding hydrogens is 220 g/mol. The van der Waals surface area contributed by atoms with Crippen LogP contribution in [0.1, 0.15) is 6.92 Å². The van der Waals surface area contributed by atoms with E-state index in [4.69, 9.17) is 29.2 Å². The van der Waals surface area contributed by atoms with Crippen LogP contribution in [0.15, 0.2) is 0 Å². The van der Waals surface area contributed by atoms with Crippen molar-refractivity contribution in [2.45, 2.75) is 6.92 Å². The van der Waals surface area contributed by atoms with Crippen LogP contribution >= 0.6 is 24.4 Å². The van der Waals surface area contributed by atoms with Crippen molar-refractivity contribution in [2.24, 2.45) is 0 Å². The van der Waals surface area contributed by atoms with Gasteiger partial charge in [0.25, 0.3) is 0 Å². The topological polar surface area (TPSA) is 57.4 Å². The van der Waals surface area contributed by atoms with Gasteiger partial charge in [-0.1, -0.05) is 0 Å². The van der Waals surface area contributed by atoms with E-state index in [-0.39, 0.29) is 0 Å². The highest BCUT2D eigenvalue weighted by Crippen LogP contribution is 1.71. The average Bonchev–Trinajstić information content (AvgIpc) is 2.21. The molecule has 5 nitrogen and oxygen atoms in total. The first-order valence-corrected chi connectivity index (χ1v) is 5.11. The Bertz CT molecular complexity index is 189. The van der Waals surface area contributed by atoms with E-state index in [1.165, 1.54) is 0 Å². The SMILES string of the molecule is CCOCCNC(=S)NNC(=S)NC. The Morgan fingerprint density at radius 3 is 2.43 bits per heavy atom. The molecule has 0 aromatic rings. The molecule has 14 heavy (non-hydrogen) atoms. The predicted molar refractivity (Wildman–Crippen MR) is 65.0 cm³/mol. The van der Waals surface area contributed by atoms with Crippen molar-refractivity contribution < 1.29 is 4.74 Å². The number of ether oxygens (including phenoxy) is 1. The molecule has 0 aromatic carbocycles. The predicted octanol–water partition coefficient (Wildman–Crippen LogP) is -0.504. The molecule has 0 radical (unpaired) electrons. The number of thiocarbonyl (C=S) groups is 2. The zero-order chi connectivity index (χ0) is 10.8. The lowest BCUT2D eigenvalue weighted by Gasteiger charge is -2.12. The van der Waals surface area contributed by atoms with E-state index in [1.54, 1.807) is 7.05 Å². The Balaban J connectivity index is 3.32. The summed E-state index contributed by atoms with van der Waals surface area (Å²) in [5.74, 6) is 0. The van der Waals surface area contributed by atoms with Gasteiger partial charge in [-0.3, -0.25) is 10.9 Å². The second-order valence-corrected chi connectivity index (χ2v) is 3.10. The third-order valence-corrected chi connectivity index (χ3v) is 1.81. The minimum absolute atomic E-state index is 0.485. The molecule has 0 saturated carbocycles. The molecule has 0 bridgehead atoms. The lowest BCUT2D eigenvalue weighted by atomic mass is 10.7. The molecule has 82 valence electrons. The molecule has 0 amide bonds. The maximum atomic E-state index is 5.12. The fourth-order valence-electron chi connectivity index (χ4n) is 0.601. The molecule has 4 N–H and O–H groups in total. The fraction of sp³-hybridized carbons (Fsp3) is 0.714. The molecule has 0 aromatic heterocycles. The average molecular weight is 236 g/mol. The number of hydrogen-bond donors (Lipinski definition) is 4. The largest absolute Gasteiger partial charge is 0.380 e. The van der Waals surface area contributed by atoms with Gasteiger partial charge in [0.1, 0.15) is 0 Å². The van der Waals surface area contributed by atoms with E-state index in [1.807, 2.05) is 6.92 Å². The second-order valence-electron chi connectivity index (χ2n) is 2.28. The van der Waals surface area contributed by atoms with Crippen molar-refractivity contribution in [3.63, 3.8) is 0 Å². The minimum Gasteiger partial charge on any atom is -0.380 e. The number of hydrazine groups is 1. The Kier molecular flexibility index (Phi) is 8.50. The van der Waals surface area contributed by atoms with Crippen LogP contribution in [0.4, 0.5) is 0 Å². The van der Waals surface area contributed by atoms with Crippen LogP contribution in [-0.2, 0) is 4.74 Å². The fourth-order valence-corrected chi connectivity index (χ4v) is 0.805. The van der Waals surface area contributed by atoms with Crippen LogP contribution in [-0.4, -0.2) is 37.0 Å². The lowest BCUT2D eigenvalue weighted by Crippen LogP contribution is -2.49. The van der Waals surface area contributed by atoms with Gasteiger partial charge < -0.3 is 15.4 Å². The summed E-state index contributed by atoms with van der Waals surface area (Å²) in [6, 6.07) is 0. The summed E-state index contributed by atoms with van der Waals surface area (Å²) < 4.78 is 5.12. The number of hydrogen-bond acceptors (Lipinski definition) is 3. The van der Waals surface area contributed by atoms with Crippen molar-refractivity contribution in [2.75, 3.05) is 26.8 Å². The quantitative estimate of drug-likeness (QED) is 0.298. The smallest absolute Gasteiger partial charge is 0.185 e. The van der Waals surface area contributed by atoms with E-state index in [0.29, 0.717) is 30.0 Å². The number of rotatable bonds is 4. The summed E-state index contributed by atoms with van der Waals surface area (Å²) >= 11 is 9.77. The zero-order valence-electron chi connectivity index (χ0n) is 8.35. The van der Waals surface area contributed by atoms with Gasteiger partial charge in [-0.25, -0.2) is 0 Å². The molecule has 0 aliphatic carbocycles. The molecule has 0 heterocycles. The maximum absolute atomic E-state index is 5.12. The van der Waals surface area contributed by atoms with Crippen LogP contribution in [0.2, 0.25) is 0 Å². The third-order valence-electron chi connectivity index (χ3n) is 1.25. The highest BCUT2D eigenvalue weighted by Gasteiger charge is 1.94. The third kappa shape index (κ3) is 7.96. The molecule has 0 aliphatic heterocycles. The molecule has 0 aliphatic rings. The van der Waals surface area contributed by atoms with Crippen LogP contribution in [0.3, 0.4) is 0 Å². The van der Waals surface area contributed by atoms with Crippen molar-refractivity contribution >= 4 is 34.7 Å². The summed E-state index contributed by atoms with van der Waals surface area (Å²) in [7, 11) is 1.72. The second kappa shape index (κ2) is 8.92. The molecule has 0 rings (SSSR count). The van der Waals surface area contributed by atoms with Crippen molar-refractivity contribution in [3.05, 3.63) is 0 Å². The summed E-state index contributed by atoms with van der Waals surface area (Å²) in [6.07, 6.45) is 0. The van der Waals surface area contributed by atoms with Crippen LogP contribution in [0.5, 0.6) is 0 Å². The van der Waals surface area contributed by atoms with E-state index in [0.717, 1.165) is 0 Å². The summed E-state index contributed by atoms with van der Waals surface area (Å²) in [5.41, 5.74) is 5.42. The Morgan fingerprint density at radius 2 is 1.86 bits per heavy atom. The van der Waals surface area contributed by atoms with Crippen molar-refractivity contribution in [3.8, 4) is 0 Å². The Labute approximate surface area is 94.9 Å². The van der Waals surface area contributed by atoms with Gasteiger partial charge in [-0.05, 0) is 31.4 Å². The van der Waals surface area contributed by atoms with Gasteiger partial charge in [-0.2, -0.15) is 0 Å². The monoisotopic (exact) mass is 236 g/mol. The Morgan fingerprint density at radius 1 is 1.21 bits per heavy atom. The number of nitrogens with one attached hydrogen (secondary N) is 4. The van der Waals surface area contributed by atoms with E-state index >= 15 is 0 Å². The van der Waals surface area contributed by atoms with E-state index in [9.17, 15) is 0 Å². The highest BCUT2D eigenvalue weighted by molar-refractivity contribution is 7.80. The molecule has 0 atom stereocenters. The maximum Gasteiger partial charge on any atom is 0.185 e. The zero-order valence-corrected chi connectivity index (χ0v) is 9.98. The Hall–Kier alpha value is -0.660. The normalized spacial score (nSPS) is 9.00. The summed E-state index contributed by atoms with van der Waals surface area (Å²) in [5, 5.41) is 6.66. The molecule has 7 heteroatoms. The first-order valence-electron chi connectivity index (χ1n) is 4.30. The summed E-state index contributed by atoms with van der Waals surface area (Å²) in [4.78, 5) is 0. The summed E-state index contributed by atoms with van der Waals surface area (Å²) in [6.45, 7) is 3.97. The lowest BCUT2D eigenvalue weighted by molar-refractivity contribution is 0.152. The standard InChI is InChI=1S/C7H16N4OS2/c1-3-12-5-4-9-7(14)11-10-6(13)8-2/h3-5H2,1-2H3,(H2,8,10,13)(H2,9,11,14). The van der Waals surface area contributed by atoms with Gasteiger partial charge in [0.2, 0.25) is 0 Å². The molecule has 0 unspecified atom stereocenters. The molecule has 0 saturated heterocycles. The van der Waals surface area contributed by atoms with Gasteiger partial charge in [0, 0.05) is 20.2 Å². The van der Waals surface area contributed by atoms with Gasteiger partial charge in [0.05, 0.1) is 6.61 Å². The van der Waals surface area contributed by atoms with E-state index < -0.39 is 0 Å². The van der Waals surface area contributed by atoms with Gasteiger partial charge in [-0.15, -0.1) is 0 Å². The first-order chi connectivity index (χ1) is 6.70. The van der Waals surface area contributed by atoms with Crippen LogP contribution < -0.4 is 21.5 Å². The van der Waals surface area contributed by atoms with E-state index in [2.05, 4.69) is 21.5 Å². The van der Waals surface area contributed by atoms with Crippen molar-refractivity contribution in [1.82, 2.24) is 21.5 Å². The molecular formula is C7H16N4OS2. The highest BCUT2D eigenvalue weighted by atomic mass is 32.1. The van der Waals surface area contributed by atoms with Crippen LogP contribution in [0.25, 0.3) is 0 Å². The molecule has 0 spiro atoms. The van der Waals surface area contributed by atoms with Gasteiger partial charge in [0.15, 0.2) is 10.2 Å². The van der Waals surface area contributed by atoms with Crippen LogP contribution in [0, 0.1) is 0 Å². The first kappa shape index (κ1) is 13.3.